The van der Waals surface area contributed by atoms with Crippen LogP contribution in [0.1, 0.15) is 19.3 Å². The molecule has 1 aromatic rings. The van der Waals surface area contributed by atoms with Crippen LogP contribution in [0.4, 0.5) is 5.69 Å². The second-order valence-electron chi connectivity index (χ2n) is 4.92. The minimum Gasteiger partial charge on any atom is -0.495 e. The lowest BCUT2D eigenvalue weighted by Crippen LogP contribution is -2.43. The average molecular weight is 426 g/mol. The molecule has 0 atom stereocenters. The molecule has 0 heterocycles. The maximum Gasteiger partial charge on any atom is 0.193 e. The topological polar surface area (TPSA) is 68.9 Å². The molecule has 118 valence electrons. The SMILES string of the molecule is COc1ccc(NC(N)=NCC2(OC)CCC2)cc1Cl.I. The van der Waals surface area contributed by atoms with Gasteiger partial charge in [0.05, 0.1) is 24.3 Å². The number of methoxy groups -OCH3 is 2. The third kappa shape index (κ3) is 4.62. The quantitative estimate of drug-likeness (QED) is 0.432. The van der Waals surface area contributed by atoms with E-state index >= 15 is 0 Å². The van der Waals surface area contributed by atoms with E-state index in [1.165, 1.54) is 6.42 Å². The van der Waals surface area contributed by atoms with Crippen LogP contribution >= 0.6 is 35.6 Å². The Morgan fingerprint density at radius 3 is 2.62 bits per heavy atom. The summed E-state index contributed by atoms with van der Waals surface area (Å²) < 4.78 is 10.6. The van der Waals surface area contributed by atoms with Crippen LogP contribution in [0.5, 0.6) is 5.75 Å². The summed E-state index contributed by atoms with van der Waals surface area (Å²) in [5.74, 6) is 0.982. The lowest BCUT2D eigenvalue weighted by molar-refractivity contribution is -0.0629. The smallest absolute Gasteiger partial charge is 0.193 e. The molecule has 1 aliphatic carbocycles. The highest BCUT2D eigenvalue weighted by molar-refractivity contribution is 14.0. The molecule has 0 saturated heterocycles. The summed E-state index contributed by atoms with van der Waals surface area (Å²) in [6, 6.07) is 5.36. The van der Waals surface area contributed by atoms with Gasteiger partial charge in [-0.3, -0.25) is 4.99 Å². The molecule has 0 amide bonds. The number of guanidine groups is 1. The Labute approximate surface area is 147 Å². The Morgan fingerprint density at radius 2 is 2.14 bits per heavy atom. The van der Waals surface area contributed by atoms with Gasteiger partial charge < -0.3 is 20.5 Å². The number of aliphatic imine (C=N–C) groups is 1. The van der Waals surface area contributed by atoms with Crippen LogP contribution in [-0.2, 0) is 4.74 Å². The minimum absolute atomic E-state index is 0. The zero-order chi connectivity index (χ0) is 14.6. The lowest BCUT2D eigenvalue weighted by Gasteiger charge is -2.39. The maximum absolute atomic E-state index is 6.05. The fourth-order valence-electron chi connectivity index (χ4n) is 2.16. The molecule has 0 aromatic heterocycles. The van der Waals surface area contributed by atoms with Crippen molar-refractivity contribution < 1.29 is 9.47 Å². The number of nitrogens with zero attached hydrogens (tertiary/aromatic N) is 1. The Hall–Kier alpha value is -0.730. The van der Waals surface area contributed by atoms with Crippen molar-refractivity contribution in [2.75, 3.05) is 26.1 Å². The molecule has 21 heavy (non-hydrogen) atoms. The van der Waals surface area contributed by atoms with E-state index in [-0.39, 0.29) is 29.6 Å². The number of anilines is 1. The first-order valence-electron chi connectivity index (χ1n) is 6.54. The Balaban J connectivity index is 0.00000220. The third-order valence-electron chi connectivity index (χ3n) is 3.66. The molecule has 1 aliphatic rings. The average Bonchev–Trinajstić information content (AvgIpc) is 2.38. The standard InChI is InChI=1S/C14H20ClN3O2.HI/c1-19-12-5-4-10(8-11(12)15)18-13(16)17-9-14(20-2)6-3-7-14;/h4-5,8H,3,6-7,9H2,1-2H3,(H3,16,17,18);1H. The van der Waals surface area contributed by atoms with E-state index in [1.807, 2.05) is 6.07 Å². The highest BCUT2D eigenvalue weighted by Crippen LogP contribution is 2.35. The van der Waals surface area contributed by atoms with Gasteiger partial charge in [0.25, 0.3) is 0 Å². The molecule has 2 rings (SSSR count). The van der Waals surface area contributed by atoms with Crippen molar-refractivity contribution in [1.29, 1.82) is 0 Å². The molecule has 5 nitrogen and oxygen atoms in total. The fraction of sp³-hybridized carbons (Fsp3) is 0.500. The van der Waals surface area contributed by atoms with Crippen molar-refractivity contribution in [3.05, 3.63) is 23.2 Å². The summed E-state index contributed by atoms with van der Waals surface area (Å²) in [6.45, 7) is 0.576. The Kier molecular flexibility index (Phi) is 7.02. The number of benzene rings is 1. The predicted molar refractivity (Wildman–Crippen MR) is 97.1 cm³/mol. The van der Waals surface area contributed by atoms with Crippen LogP contribution < -0.4 is 15.8 Å². The van der Waals surface area contributed by atoms with Gasteiger partial charge in [0, 0.05) is 12.8 Å². The molecule has 1 aromatic carbocycles. The van der Waals surface area contributed by atoms with Crippen LogP contribution in [0.15, 0.2) is 23.2 Å². The number of ether oxygens (including phenoxy) is 2. The molecule has 0 spiro atoms. The number of nitrogens with one attached hydrogen (secondary N) is 1. The molecule has 0 unspecified atom stereocenters. The minimum atomic E-state index is -0.121. The van der Waals surface area contributed by atoms with E-state index < -0.39 is 0 Å². The van der Waals surface area contributed by atoms with Gasteiger partial charge in [0.2, 0.25) is 0 Å². The summed E-state index contributed by atoms with van der Waals surface area (Å²) in [5, 5.41) is 3.54. The van der Waals surface area contributed by atoms with Gasteiger partial charge in [0.15, 0.2) is 5.96 Å². The lowest BCUT2D eigenvalue weighted by atomic mass is 9.80. The first-order chi connectivity index (χ1) is 9.58. The summed E-state index contributed by atoms with van der Waals surface area (Å²) in [7, 11) is 3.30. The number of hydrogen-bond donors (Lipinski definition) is 2. The van der Waals surface area contributed by atoms with Gasteiger partial charge in [-0.2, -0.15) is 0 Å². The molecular weight excluding hydrogens is 405 g/mol. The van der Waals surface area contributed by atoms with Gasteiger partial charge in [-0.05, 0) is 37.5 Å². The zero-order valence-electron chi connectivity index (χ0n) is 12.2. The first kappa shape index (κ1) is 18.3. The van der Waals surface area contributed by atoms with Crippen molar-refractivity contribution >= 4 is 47.2 Å². The van der Waals surface area contributed by atoms with Crippen LogP contribution in [0.25, 0.3) is 0 Å². The van der Waals surface area contributed by atoms with Gasteiger partial charge in [-0.25, -0.2) is 0 Å². The number of halogens is 2. The Morgan fingerprint density at radius 1 is 1.43 bits per heavy atom. The molecule has 0 bridgehead atoms. The highest BCUT2D eigenvalue weighted by Gasteiger charge is 2.36. The Bertz CT molecular complexity index is 501. The summed E-state index contributed by atoms with van der Waals surface area (Å²) in [6.07, 6.45) is 3.26. The van der Waals surface area contributed by atoms with Crippen LogP contribution in [-0.4, -0.2) is 32.3 Å². The normalized spacial score (nSPS) is 16.6. The van der Waals surface area contributed by atoms with Crippen LogP contribution in [0, 0.1) is 0 Å². The molecule has 7 heteroatoms. The van der Waals surface area contributed by atoms with E-state index in [0.717, 1.165) is 18.5 Å². The van der Waals surface area contributed by atoms with Crippen LogP contribution in [0.3, 0.4) is 0 Å². The van der Waals surface area contributed by atoms with Crippen molar-refractivity contribution in [3.63, 3.8) is 0 Å². The largest absolute Gasteiger partial charge is 0.495 e. The van der Waals surface area contributed by atoms with Crippen molar-refractivity contribution in [1.82, 2.24) is 0 Å². The number of nitrogens with two attached hydrogens (primary N) is 1. The molecule has 1 saturated carbocycles. The number of rotatable bonds is 5. The third-order valence-corrected chi connectivity index (χ3v) is 3.95. The second kappa shape index (κ2) is 8.05. The van der Waals surface area contributed by atoms with Gasteiger partial charge >= 0.3 is 0 Å². The maximum atomic E-state index is 6.05. The summed E-state index contributed by atoms with van der Waals surface area (Å²) in [4.78, 5) is 4.34. The van der Waals surface area contributed by atoms with Gasteiger partial charge in [-0.1, -0.05) is 11.6 Å². The van der Waals surface area contributed by atoms with E-state index in [0.29, 0.717) is 23.3 Å². The predicted octanol–water partition coefficient (Wildman–Crippen LogP) is 3.26. The fourth-order valence-corrected chi connectivity index (χ4v) is 2.42. The molecule has 0 radical (unpaired) electrons. The molecule has 3 N–H and O–H groups in total. The number of hydrogen-bond acceptors (Lipinski definition) is 3. The molecule has 0 aliphatic heterocycles. The van der Waals surface area contributed by atoms with E-state index in [2.05, 4.69) is 10.3 Å². The monoisotopic (exact) mass is 425 g/mol. The van der Waals surface area contributed by atoms with Crippen LogP contribution in [0.2, 0.25) is 5.02 Å². The van der Waals surface area contributed by atoms with Gasteiger partial charge in [-0.15, -0.1) is 24.0 Å². The van der Waals surface area contributed by atoms with E-state index in [9.17, 15) is 0 Å². The van der Waals surface area contributed by atoms with Gasteiger partial charge in [0.1, 0.15) is 5.75 Å². The first-order valence-corrected chi connectivity index (χ1v) is 6.92. The van der Waals surface area contributed by atoms with Crippen molar-refractivity contribution in [2.24, 2.45) is 10.7 Å². The summed E-state index contributed by atoms with van der Waals surface area (Å²) >= 11 is 6.05. The molecule has 1 fully saturated rings. The highest BCUT2D eigenvalue weighted by atomic mass is 127. The van der Waals surface area contributed by atoms with E-state index in [4.69, 9.17) is 26.8 Å². The molecular formula is C14H21ClIN3O2. The van der Waals surface area contributed by atoms with Crippen molar-refractivity contribution in [3.8, 4) is 5.75 Å². The second-order valence-corrected chi connectivity index (χ2v) is 5.32. The van der Waals surface area contributed by atoms with Crippen molar-refractivity contribution in [2.45, 2.75) is 24.9 Å². The summed E-state index contributed by atoms with van der Waals surface area (Å²) in [5.41, 5.74) is 6.53. The zero-order valence-corrected chi connectivity index (χ0v) is 15.3. The van der Waals surface area contributed by atoms with E-state index in [1.54, 1.807) is 26.4 Å².